The van der Waals surface area contributed by atoms with E-state index in [4.69, 9.17) is 4.42 Å². The van der Waals surface area contributed by atoms with Crippen molar-refractivity contribution >= 4 is 39.3 Å². The zero-order valence-electron chi connectivity index (χ0n) is 13.1. The van der Waals surface area contributed by atoms with E-state index in [0.717, 1.165) is 26.2 Å². The summed E-state index contributed by atoms with van der Waals surface area (Å²) in [5.41, 5.74) is 2.65. The van der Waals surface area contributed by atoms with Crippen LogP contribution in [0.5, 0.6) is 0 Å². The second kappa shape index (κ2) is 7.73. The number of benzene rings is 2. The summed E-state index contributed by atoms with van der Waals surface area (Å²) in [7, 11) is 0. The van der Waals surface area contributed by atoms with Crippen LogP contribution in [0.4, 0.5) is 5.69 Å². The first-order chi connectivity index (χ1) is 11.6. The van der Waals surface area contributed by atoms with Gasteiger partial charge in [0.1, 0.15) is 0 Å². The Kier molecular flexibility index (Phi) is 5.43. The van der Waals surface area contributed by atoms with E-state index in [2.05, 4.69) is 33.4 Å². The van der Waals surface area contributed by atoms with Gasteiger partial charge in [0.2, 0.25) is 0 Å². The van der Waals surface area contributed by atoms with Crippen molar-refractivity contribution in [3.8, 4) is 0 Å². The summed E-state index contributed by atoms with van der Waals surface area (Å²) < 4.78 is 6.40. The zero-order chi connectivity index (χ0) is 16.9. The molecule has 0 radical (unpaired) electrons. The molecule has 0 saturated heterocycles. The molecule has 0 atom stereocenters. The molecule has 24 heavy (non-hydrogen) atoms. The third-order valence-corrected chi connectivity index (χ3v) is 5.08. The number of carbonyl (C=O) groups excluding carboxylic acids is 1. The maximum atomic E-state index is 12.5. The van der Waals surface area contributed by atoms with E-state index < -0.39 is 0 Å². The number of carbonyl (C=O) groups is 1. The summed E-state index contributed by atoms with van der Waals surface area (Å²) in [6.07, 6.45) is 1.56. The van der Waals surface area contributed by atoms with Gasteiger partial charge >= 0.3 is 0 Å². The predicted octanol–water partition coefficient (Wildman–Crippen LogP) is 5.90. The molecule has 0 fully saturated rings. The Morgan fingerprint density at radius 3 is 2.71 bits per heavy atom. The highest BCUT2D eigenvalue weighted by molar-refractivity contribution is 9.10. The fourth-order valence-corrected chi connectivity index (χ4v) is 3.65. The smallest absolute Gasteiger partial charge is 0.291 e. The molecule has 2 aromatic carbocycles. The van der Waals surface area contributed by atoms with Crippen LogP contribution in [-0.2, 0) is 5.75 Å². The average molecular weight is 402 g/mol. The van der Waals surface area contributed by atoms with Crippen LogP contribution in [0.2, 0.25) is 0 Å². The van der Waals surface area contributed by atoms with E-state index in [9.17, 15) is 4.79 Å². The number of anilines is 1. The zero-order valence-corrected chi connectivity index (χ0v) is 15.5. The van der Waals surface area contributed by atoms with Gasteiger partial charge in [-0.25, -0.2) is 0 Å². The van der Waals surface area contributed by atoms with Crippen LogP contribution in [0, 0.1) is 6.92 Å². The minimum atomic E-state index is -0.228. The Labute approximate surface area is 153 Å². The SMILES string of the molecule is Cc1cc(Br)ccc1NC(=O)c1occc1CSc1ccccc1. The number of amides is 1. The molecule has 0 unspecified atom stereocenters. The van der Waals surface area contributed by atoms with E-state index in [1.54, 1.807) is 18.0 Å². The first kappa shape index (κ1) is 16.9. The molecule has 3 nitrogen and oxygen atoms in total. The van der Waals surface area contributed by atoms with Crippen LogP contribution in [0.25, 0.3) is 0 Å². The molecule has 5 heteroatoms. The van der Waals surface area contributed by atoms with E-state index in [1.165, 1.54) is 0 Å². The molecule has 1 heterocycles. The average Bonchev–Trinajstić information content (AvgIpc) is 3.05. The monoisotopic (exact) mass is 401 g/mol. The minimum absolute atomic E-state index is 0.228. The molecule has 1 N–H and O–H groups in total. The fourth-order valence-electron chi connectivity index (χ4n) is 2.27. The van der Waals surface area contributed by atoms with Crippen LogP contribution in [0.1, 0.15) is 21.7 Å². The highest BCUT2D eigenvalue weighted by Gasteiger charge is 2.16. The molecule has 0 aliphatic heterocycles. The number of rotatable bonds is 5. The van der Waals surface area contributed by atoms with Gasteiger partial charge in [0.25, 0.3) is 5.91 Å². The Morgan fingerprint density at radius 2 is 1.96 bits per heavy atom. The minimum Gasteiger partial charge on any atom is -0.459 e. The van der Waals surface area contributed by atoms with Crippen LogP contribution >= 0.6 is 27.7 Å². The van der Waals surface area contributed by atoms with Crippen molar-refractivity contribution < 1.29 is 9.21 Å². The lowest BCUT2D eigenvalue weighted by molar-refractivity contribution is 0.0995. The Morgan fingerprint density at radius 1 is 1.17 bits per heavy atom. The molecule has 1 aromatic heterocycles. The third kappa shape index (κ3) is 4.10. The lowest BCUT2D eigenvalue weighted by atomic mass is 10.2. The van der Waals surface area contributed by atoms with E-state index in [1.807, 2.05) is 49.4 Å². The quantitative estimate of drug-likeness (QED) is 0.541. The summed E-state index contributed by atoms with van der Waals surface area (Å²) in [6, 6.07) is 17.7. The first-order valence-corrected chi connectivity index (χ1v) is 9.23. The van der Waals surface area contributed by atoms with Crippen molar-refractivity contribution in [1.82, 2.24) is 0 Å². The predicted molar refractivity (Wildman–Crippen MR) is 102 cm³/mol. The van der Waals surface area contributed by atoms with Crippen molar-refractivity contribution in [1.29, 1.82) is 0 Å². The number of nitrogens with one attached hydrogen (secondary N) is 1. The van der Waals surface area contributed by atoms with Crippen LogP contribution in [-0.4, -0.2) is 5.91 Å². The maximum Gasteiger partial charge on any atom is 0.291 e. The Balaban J connectivity index is 1.71. The van der Waals surface area contributed by atoms with E-state index in [-0.39, 0.29) is 5.91 Å². The van der Waals surface area contributed by atoms with Gasteiger partial charge in [-0.15, -0.1) is 11.8 Å². The van der Waals surface area contributed by atoms with Gasteiger partial charge in [0.15, 0.2) is 5.76 Å². The molecule has 0 spiro atoms. The number of thioether (sulfide) groups is 1. The standard InChI is InChI=1S/C19H16BrNO2S/c1-13-11-15(20)7-8-17(13)21-19(22)18-14(9-10-23-18)12-24-16-5-3-2-4-6-16/h2-11H,12H2,1H3,(H,21,22). The van der Waals surface area contributed by atoms with Gasteiger partial charge in [-0.1, -0.05) is 34.1 Å². The fraction of sp³-hybridized carbons (Fsp3) is 0.105. The van der Waals surface area contributed by atoms with Gasteiger partial charge in [-0.3, -0.25) is 4.79 Å². The van der Waals surface area contributed by atoms with Gasteiger partial charge in [-0.2, -0.15) is 0 Å². The highest BCUT2D eigenvalue weighted by Crippen LogP contribution is 2.26. The van der Waals surface area contributed by atoms with Crippen molar-refractivity contribution in [2.24, 2.45) is 0 Å². The molecule has 0 aliphatic rings. The summed E-state index contributed by atoms with van der Waals surface area (Å²) in [4.78, 5) is 13.7. The topological polar surface area (TPSA) is 42.2 Å². The van der Waals surface area contributed by atoms with Gasteiger partial charge in [-0.05, 0) is 48.9 Å². The summed E-state index contributed by atoms with van der Waals surface area (Å²) in [5.74, 6) is 0.817. The Hall–Kier alpha value is -1.98. The molecule has 1 amide bonds. The molecule has 3 rings (SSSR count). The number of aryl methyl sites for hydroxylation is 1. The molecule has 0 bridgehead atoms. The van der Waals surface area contributed by atoms with E-state index in [0.29, 0.717) is 11.5 Å². The van der Waals surface area contributed by atoms with Crippen molar-refractivity contribution in [3.05, 3.63) is 82.2 Å². The molecule has 122 valence electrons. The summed E-state index contributed by atoms with van der Waals surface area (Å²) in [5, 5.41) is 2.92. The van der Waals surface area contributed by atoms with E-state index >= 15 is 0 Å². The second-order valence-corrected chi connectivity index (χ2v) is 7.25. The summed E-state index contributed by atoms with van der Waals surface area (Å²) >= 11 is 5.10. The largest absolute Gasteiger partial charge is 0.459 e. The van der Waals surface area contributed by atoms with Crippen molar-refractivity contribution in [3.63, 3.8) is 0 Å². The first-order valence-electron chi connectivity index (χ1n) is 7.45. The lowest BCUT2D eigenvalue weighted by Crippen LogP contribution is -2.13. The molecular formula is C19H16BrNO2S. The van der Waals surface area contributed by atoms with Gasteiger partial charge in [0, 0.05) is 26.4 Å². The van der Waals surface area contributed by atoms with Crippen molar-refractivity contribution in [2.75, 3.05) is 5.32 Å². The normalized spacial score (nSPS) is 10.6. The Bertz CT molecular complexity index is 846. The number of halogens is 1. The van der Waals surface area contributed by atoms with Gasteiger partial charge < -0.3 is 9.73 Å². The van der Waals surface area contributed by atoms with Crippen LogP contribution in [0.15, 0.2) is 74.6 Å². The highest BCUT2D eigenvalue weighted by atomic mass is 79.9. The van der Waals surface area contributed by atoms with Crippen LogP contribution in [0.3, 0.4) is 0 Å². The molecule has 0 saturated carbocycles. The number of furan rings is 1. The lowest BCUT2D eigenvalue weighted by Gasteiger charge is -2.08. The number of hydrogen-bond donors (Lipinski definition) is 1. The molecular weight excluding hydrogens is 386 g/mol. The third-order valence-electron chi connectivity index (χ3n) is 3.53. The van der Waals surface area contributed by atoms with Crippen molar-refractivity contribution in [2.45, 2.75) is 17.6 Å². The second-order valence-electron chi connectivity index (χ2n) is 5.29. The maximum absolute atomic E-state index is 12.5. The molecule has 3 aromatic rings. The molecule has 0 aliphatic carbocycles. The summed E-state index contributed by atoms with van der Waals surface area (Å²) in [6.45, 7) is 1.95. The number of hydrogen-bond acceptors (Lipinski definition) is 3. The van der Waals surface area contributed by atoms with Crippen LogP contribution < -0.4 is 5.32 Å². The van der Waals surface area contributed by atoms with Gasteiger partial charge in [0.05, 0.1) is 6.26 Å².